The molecule has 11 heavy (non-hydrogen) atoms. The van der Waals surface area contributed by atoms with Gasteiger partial charge in [0.15, 0.2) is 0 Å². The maximum absolute atomic E-state index is 6.21. The van der Waals surface area contributed by atoms with Gasteiger partial charge in [-0.15, -0.1) is 11.6 Å². The normalized spacial score (nSPS) is 39.0. The summed E-state index contributed by atoms with van der Waals surface area (Å²) in [6, 6.07) is 0. The Kier molecular flexibility index (Phi) is 3.71. The maximum atomic E-state index is 6.21. The highest BCUT2D eigenvalue weighted by Crippen LogP contribution is 2.35. The van der Waals surface area contributed by atoms with Crippen molar-refractivity contribution < 1.29 is 0 Å². The van der Waals surface area contributed by atoms with Crippen LogP contribution in [0.4, 0.5) is 0 Å². The largest absolute Gasteiger partial charge is 0.123 e. The molecule has 1 rings (SSSR count). The summed E-state index contributed by atoms with van der Waals surface area (Å²) in [6.07, 6.45) is 6.60. The highest BCUT2D eigenvalue weighted by molar-refractivity contribution is 6.20. The van der Waals surface area contributed by atoms with E-state index in [1.165, 1.54) is 32.1 Å². The van der Waals surface area contributed by atoms with Crippen molar-refractivity contribution in [3.8, 4) is 0 Å². The molecule has 0 saturated heterocycles. The Hall–Kier alpha value is 0.290. The van der Waals surface area contributed by atoms with E-state index in [0.29, 0.717) is 5.38 Å². The van der Waals surface area contributed by atoms with Crippen LogP contribution in [-0.2, 0) is 0 Å². The lowest BCUT2D eigenvalue weighted by molar-refractivity contribution is 0.260. The lowest BCUT2D eigenvalue weighted by Gasteiger charge is -2.31. The maximum Gasteiger partial charge on any atom is 0.0364 e. The molecule has 0 spiro atoms. The molecule has 0 aliphatic heterocycles. The van der Waals surface area contributed by atoms with Crippen molar-refractivity contribution >= 4 is 11.6 Å². The van der Waals surface area contributed by atoms with E-state index in [1.807, 2.05) is 0 Å². The third kappa shape index (κ3) is 2.37. The molecule has 0 radical (unpaired) electrons. The first-order valence-corrected chi connectivity index (χ1v) is 5.35. The predicted octanol–water partition coefficient (Wildman–Crippen LogP) is 3.83. The van der Waals surface area contributed by atoms with Gasteiger partial charge in [0.05, 0.1) is 0 Å². The zero-order valence-corrected chi connectivity index (χ0v) is 8.40. The minimum Gasteiger partial charge on any atom is -0.123 e. The van der Waals surface area contributed by atoms with E-state index >= 15 is 0 Å². The summed E-state index contributed by atoms with van der Waals surface area (Å²) in [4.78, 5) is 0. The fourth-order valence-electron chi connectivity index (χ4n) is 2.12. The molecule has 1 fully saturated rings. The third-order valence-corrected chi connectivity index (χ3v) is 3.67. The molecule has 3 atom stereocenters. The van der Waals surface area contributed by atoms with Gasteiger partial charge < -0.3 is 0 Å². The van der Waals surface area contributed by atoms with Crippen molar-refractivity contribution in [2.45, 2.75) is 51.3 Å². The Balaban J connectivity index is 2.37. The molecule has 1 saturated carbocycles. The van der Waals surface area contributed by atoms with Crippen LogP contribution in [0.5, 0.6) is 0 Å². The van der Waals surface area contributed by atoms with Crippen molar-refractivity contribution in [1.29, 1.82) is 0 Å². The number of halogens is 1. The van der Waals surface area contributed by atoms with Gasteiger partial charge in [-0.3, -0.25) is 0 Å². The molecule has 0 amide bonds. The van der Waals surface area contributed by atoms with Crippen LogP contribution in [0, 0.1) is 11.8 Å². The third-order valence-electron chi connectivity index (χ3n) is 3.10. The quantitative estimate of drug-likeness (QED) is 0.559. The van der Waals surface area contributed by atoms with Crippen molar-refractivity contribution in [1.82, 2.24) is 0 Å². The Bertz CT molecular complexity index is 111. The summed E-state index contributed by atoms with van der Waals surface area (Å²) < 4.78 is 0. The predicted molar refractivity (Wildman–Crippen MR) is 51.1 cm³/mol. The van der Waals surface area contributed by atoms with Crippen LogP contribution in [0.25, 0.3) is 0 Å². The van der Waals surface area contributed by atoms with Crippen LogP contribution in [0.15, 0.2) is 0 Å². The van der Waals surface area contributed by atoms with Gasteiger partial charge in [0.1, 0.15) is 0 Å². The summed E-state index contributed by atoms with van der Waals surface area (Å²) in [6.45, 7) is 4.56. The summed E-state index contributed by atoms with van der Waals surface area (Å²) in [5.41, 5.74) is 0. The van der Waals surface area contributed by atoms with Crippen LogP contribution in [-0.4, -0.2) is 5.38 Å². The first-order chi connectivity index (χ1) is 5.27. The number of hydrogen-bond donors (Lipinski definition) is 0. The molecule has 0 aromatic rings. The fourth-order valence-corrected chi connectivity index (χ4v) is 2.52. The summed E-state index contributed by atoms with van der Waals surface area (Å²) in [5, 5.41) is 0.475. The summed E-state index contributed by atoms with van der Waals surface area (Å²) in [7, 11) is 0. The molecule has 66 valence electrons. The number of hydrogen-bond acceptors (Lipinski definition) is 0. The lowest BCUT2D eigenvalue weighted by Crippen LogP contribution is -2.24. The standard InChI is InChI=1S/C10H19Cl/c1-3-8-5-6-10(11)9(4-2)7-8/h8-10H,3-7H2,1-2H3. The molecule has 0 nitrogen and oxygen atoms in total. The Morgan fingerprint density at radius 1 is 1.18 bits per heavy atom. The molecular formula is C10H19Cl. The van der Waals surface area contributed by atoms with Gasteiger partial charge in [-0.1, -0.05) is 26.7 Å². The molecule has 1 aliphatic carbocycles. The second-order valence-electron chi connectivity index (χ2n) is 3.77. The van der Waals surface area contributed by atoms with Crippen molar-refractivity contribution in [3.63, 3.8) is 0 Å². The molecule has 0 aromatic heterocycles. The molecular weight excluding hydrogens is 156 g/mol. The highest BCUT2D eigenvalue weighted by atomic mass is 35.5. The summed E-state index contributed by atoms with van der Waals surface area (Å²) >= 11 is 6.21. The molecule has 0 aromatic carbocycles. The zero-order valence-electron chi connectivity index (χ0n) is 7.65. The van der Waals surface area contributed by atoms with E-state index in [-0.39, 0.29) is 0 Å². The zero-order chi connectivity index (χ0) is 8.27. The Labute approximate surface area is 75.3 Å². The van der Waals surface area contributed by atoms with Gasteiger partial charge in [0.25, 0.3) is 0 Å². The fraction of sp³-hybridized carbons (Fsp3) is 1.00. The minimum atomic E-state index is 0.475. The second kappa shape index (κ2) is 4.35. The molecule has 1 heteroatoms. The van der Waals surface area contributed by atoms with Crippen LogP contribution in [0.2, 0.25) is 0 Å². The molecule has 1 aliphatic rings. The SMILES string of the molecule is CCC1CCC(Cl)C(CC)C1. The van der Waals surface area contributed by atoms with E-state index < -0.39 is 0 Å². The highest BCUT2D eigenvalue weighted by Gasteiger charge is 2.26. The van der Waals surface area contributed by atoms with Crippen LogP contribution < -0.4 is 0 Å². The number of alkyl halides is 1. The molecule has 0 heterocycles. The van der Waals surface area contributed by atoms with Crippen LogP contribution in [0.1, 0.15) is 46.0 Å². The van der Waals surface area contributed by atoms with E-state index in [9.17, 15) is 0 Å². The molecule has 0 bridgehead atoms. The average molecular weight is 175 g/mol. The lowest BCUT2D eigenvalue weighted by atomic mass is 9.79. The smallest absolute Gasteiger partial charge is 0.0364 e. The molecule has 0 N–H and O–H groups in total. The first kappa shape index (κ1) is 9.38. The van der Waals surface area contributed by atoms with Crippen molar-refractivity contribution in [3.05, 3.63) is 0 Å². The van der Waals surface area contributed by atoms with Gasteiger partial charge in [-0.2, -0.15) is 0 Å². The van der Waals surface area contributed by atoms with Crippen molar-refractivity contribution in [2.75, 3.05) is 0 Å². The van der Waals surface area contributed by atoms with Gasteiger partial charge in [-0.05, 0) is 31.1 Å². The van der Waals surface area contributed by atoms with Gasteiger partial charge in [0, 0.05) is 5.38 Å². The van der Waals surface area contributed by atoms with Gasteiger partial charge >= 0.3 is 0 Å². The van der Waals surface area contributed by atoms with E-state index in [2.05, 4.69) is 13.8 Å². The van der Waals surface area contributed by atoms with Gasteiger partial charge in [-0.25, -0.2) is 0 Å². The second-order valence-corrected chi connectivity index (χ2v) is 4.33. The van der Waals surface area contributed by atoms with Crippen molar-refractivity contribution in [2.24, 2.45) is 11.8 Å². The van der Waals surface area contributed by atoms with Crippen LogP contribution >= 0.6 is 11.6 Å². The van der Waals surface area contributed by atoms with Gasteiger partial charge in [0.2, 0.25) is 0 Å². The van der Waals surface area contributed by atoms with E-state index in [1.54, 1.807) is 0 Å². The van der Waals surface area contributed by atoms with E-state index in [4.69, 9.17) is 11.6 Å². The molecule has 3 unspecified atom stereocenters. The topological polar surface area (TPSA) is 0 Å². The number of rotatable bonds is 2. The Morgan fingerprint density at radius 2 is 1.91 bits per heavy atom. The van der Waals surface area contributed by atoms with E-state index in [0.717, 1.165) is 11.8 Å². The Morgan fingerprint density at radius 3 is 2.45 bits per heavy atom. The average Bonchev–Trinajstić information content (AvgIpc) is 2.05. The van der Waals surface area contributed by atoms with Crippen LogP contribution in [0.3, 0.4) is 0 Å². The monoisotopic (exact) mass is 174 g/mol. The minimum absolute atomic E-state index is 0.475. The first-order valence-electron chi connectivity index (χ1n) is 4.92. The summed E-state index contributed by atoms with van der Waals surface area (Å²) in [5.74, 6) is 1.77.